The molecule has 118 valence electrons. The van der Waals surface area contributed by atoms with Crippen molar-refractivity contribution in [3.8, 4) is 11.8 Å². The molecule has 5 heteroatoms. The molecule has 0 saturated carbocycles. The average molecular weight is 301 g/mol. The summed E-state index contributed by atoms with van der Waals surface area (Å²) in [5.41, 5.74) is 2.08. The van der Waals surface area contributed by atoms with Crippen LogP contribution in [0.1, 0.15) is 36.7 Å². The number of hydrogen-bond donors (Lipinski definition) is 3. The molecule has 0 saturated heterocycles. The second kappa shape index (κ2) is 8.73. The van der Waals surface area contributed by atoms with Crippen molar-refractivity contribution in [2.24, 2.45) is 5.92 Å². The minimum Gasteiger partial charge on any atom is -0.352 e. The first kappa shape index (κ1) is 17.6. The Kier molecular flexibility index (Phi) is 6.97. The zero-order valence-corrected chi connectivity index (χ0v) is 13.5. The molecule has 0 aromatic heterocycles. The van der Waals surface area contributed by atoms with E-state index in [0.29, 0.717) is 30.3 Å². The maximum Gasteiger partial charge on any atom is 0.320 e. The number of amides is 3. The Morgan fingerprint density at radius 3 is 2.55 bits per heavy atom. The zero-order chi connectivity index (χ0) is 16.5. The number of anilines is 1. The Hall–Kier alpha value is -2.48. The van der Waals surface area contributed by atoms with E-state index in [1.807, 2.05) is 20.8 Å². The van der Waals surface area contributed by atoms with Crippen molar-refractivity contribution in [1.29, 1.82) is 0 Å². The van der Waals surface area contributed by atoms with E-state index >= 15 is 0 Å². The molecular formula is C17H23N3O2. The van der Waals surface area contributed by atoms with E-state index in [1.54, 1.807) is 25.1 Å². The molecule has 0 unspecified atom stereocenters. The van der Waals surface area contributed by atoms with Gasteiger partial charge in [0, 0.05) is 17.8 Å². The van der Waals surface area contributed by atoms with Gasteiger partial charge in [-0.05, 0) is 43.5 Å². The number of nitrogens with one attached hydrogen (secondary N) is 3. The molecule has 0 aliphatic carbocycles. The van der Waals surface area contributed by atoms with Gasteiger partial charge < -0.3 is 16.0 Å². The van der Waals surface area contributed by atoms with Gasteiger partial charge in [0.05, 0.1) is 6.54 Å². The zero-order valence-electron chi connectivity index (χ0n) is 13.5. The van der Waals surface area contributed by atoms with Crippen molar-refractivity contribution in [3.63, 3.8) is 0 Å². The summed E-state index contributed by atoms with van der Waals surface area (Å²) in [7, 11) is 0. The molecule has 3 N–H and O–H groups in total. The maximum absolute atomic E-state index is 12.0. The van der Waals surface area contributed by atoms with Crippen molar-refractivity contribution in [1.82, 2.24) is 10.6 Å². The number of carbonyl (C=O) groups is 2. The van der Waals surface area contributed by atoms with Crippen LogP contribution in [0.15, 0.2) is 18.2 Å². The van der Waals surface area contributed by atoms with Gasteiger partial charge in [0.25, 0.3) is 5.91 Å². The van der Waals surface area contributed by atoms with E-state index in [2.05, 4.69) is 27.8 Å². The van der Waals surface area contributed by atoms with Crippen LogP contribution in [0.2, 0.25) is 0 Å². The first-order chi connectivity index (χ1) is 10.4. The highest BCUT2D eigenvalue weighted by molar-refractivity contribution is 5.96. The Bertz CT molecular complexity index is 598. The van der Waals surface area contributed by atoms with Gasteiger partial charge in [0.1, 0.15) is 0 Å². The summed E-state index contributed by atoms with van der Waals surface area (Å²) in [6, 6.07) is 4.87. The molecule has 0 spiro atoms. The number of benzene rings is 1. The molecule has 0 heterocycles. The molecule has 0 bridgehead atoms. The quantitative estimate of drug-likeness (QED) is 0.731. The molecule has 3 amide bonds. The molecule has 1 aromatic carbocycles. The lowest BCUT2D eigenvalue weighted by Gasteiger charge is -2.11. The fourth-order valence-electron chi connectivity index (χ4n) is 1.72. The number of hydrogen-bond acceptors (Lipinski definition) is 2. The summed E-state index contributed by atoms with van der Waals surface area (Å²) in [4.78, 5) is 23.6. The smallest absolute Gasteiger partial charge is 0.320 e. The number of urea groups is 1. The van der Waals surface area contributed by atoms with Crippen LogP contribution in [0.3, 0.4) is 0 Å². The van der Waals surface area contributed by atoms with Crippen molar-refractivity contribution in [2.45, 2.75) is 27.7 Å². The van der Waals surface area contributed by atoms with Gasteiger partial charge in [0.2, 0.25) is 0 Å². The van der Waals surface area contributed by atoms with E-state index in [4.69, 9.17) is 0 Å². The SMILES string of the molecule is CC#CCNC(=O)Nc1ccc(C(=O)NCC(C)C)cc1C. The third-order valence-corrected chi connectivity index (χ3v) is 2.92. The molecule has 1 rings (SSSR count). The van der Waals surface area contributed by atoms with Gasteiger partial charge in [-0.1, -0.05) is 19.8 Å². The van der Waals surface area contributed by atoms with E-state index in [9.17, 15) is 9.59 Å². The molecule has 5 nitrogen and oxygen atoms in total. The Morgan fingerprint density at radius 2 is 1.95 bits per heavy atom. The average Bonchev–Trinajstić information content (AvgIpc) is 2.47. The van der Waals surface area contributed by atoms with Gasteiger partial charge in [-0.2, -0.15) is 0 Å². The van der Waals surface area contributed by atoms with Crippen LogP contribution in [0.5, 0.6) is 0 Å². The maximum atomic E-state index is 12.0. The first-order valence-corrected chi connectivity index (χ1v) is 7.27. The number of carbonyl (C=O) groups excluding carboxylic acids is 2. The fourth-order valence-corrected chi connectivity index (χ4v) is 1.72. The van der Waals surface area contributed by atoms with E-state index in [-0.39, 0.29) is 11.9 Å². The number of aryl methyl sites for hydroxylation is 1. The number of rotatable bonds is 5. The topological polar surface area (TPSA) is 70.2 Å². The second-order valence-electron chi connectivity index (χ2n) is 5.37. The largest absolute Gasteiger partial charge is 0.352 e. The third-order valence-electron chi connectivity index (χ3n) is 2.92. The van der Waals surface area contributed by atoms with E-state index in [1.165, 1.54) is 0 Å². The predicted octanol–water partition coefficient (Wildman–Crippen LogP) is 2.53. The summed E-state index contributed by atoms with van der Waals surface area (Å²) < 4.78 is 0. The minimum atomic E-state index is -0.317. The monoisotopic (exact) mass is 301 g/mol. The highest BCUT2D eigenvalue weighted by atomic mass is 16.2. The Labute approximate surface area is 131 Å². The molecule has 0 radical (unpaired) electrons. The van der Waals surface area contributed by atoms with Gasteiger partial charge in [-0.3, -0.25) is 4.79 Å². The normalized spacial score (nSPS) is 9.68. The van der Waals surface area contributed by atoms with Gasteiger partial charge in [-0.25, -0.2) is 4.79 Å². The second-order valence-corrected chi connectivity index (χ2v) is 5.37. The summed E-state index contributed by atoms with van der Waals surface area (Å²) in [6.45, 7) is 8.59. The van der Waals surface area contributed by atoms with Crippen molar-refractivity contribution < 1.29 is 9.59 Å². The molecule has 0 aliphatic heterocycles. The lowest BCUT2D eigenvalue weighted by Crippen LogP contribution is -2.29. The summed E-state index contributed by atoms with van der Waals surface area (Å²) in [5, 5.41) is 8.23. The lowest BCUT2D eigenvalue weighted by molar-refractivity contribution is 0.0949. The van der Waals surface area contributed by atoms with E-state index < -0.39 is 0 Å². The van der Waals surface area contributed by atoms with Crippen LogP contribution in [0.25, 0.3) is 0 Å². The van der Waals surface area contributed by atoms with Gasteiger partial charge >= 0.3 is 6.03 Å². The van der Waals surface area contributed by atoms with Gasteiger partial charge in [0.15, 0.2) is 0 Å². The minimum absolute atomic E-state index is 0.106. The van der Waals surface area contributed by atoms with Gasteiger partial charge in [-0.15, -0.1) is 5.92 Å². The molecule has 0 fully saturated rings. The van der Waals surface area contributed by atoms with Crippen LogP contribution in [0, 0.1) is 24.7 Å². The van der Waals surface area contributed by atoms with Crippen LogP contribution < -0.4 is 16.0 Å². The molecule has 0 aliphatic rings. The van der Waals surface area contributed by atoms with E-state index in [0.717, 1.165) is 5.56 Å². The first-order valence-electron chi connectivity index (χ1n) is 7.27. The van der Waals surface area contributed by atoms with Crippen LogP contribution in [0.4, 0.5) is 10.5 Å². The molecule has 0 atom stereocenters. The fraction of sp³-hybridized carbons (Fsp3) is 0.412. The molecule has 1 aromatic rings. The summed E-state index contributed by atoms with van der Waals surface area (Å²) >= 11 is 0. The highest BCUT2D eigenvalue weighted by Crippen LogP contribution is 2.16. The summed E-state index contributed by atoms with van der Waals surface area (Å²) in [6.07, 6.45) is 0. The van der Waals surface area contributed by atoms with Crippen molar-refractivity contribution in [3.05, 3.63) is 29.3 Å². The standard InChI is InChI=1S/C17H23N3O2/c1-5-6-9-18-17(22)20-15-8-7-14(10-13(15)4)16(21)19-11-12(2)3/h7-8,10,12H,9,11H2,1-4H3,(H,19,21)(H2,18,20,22). The van der Waals surface area contributed by atoms with Crippen molar-refractivity contribution >= 4 is 17.6 Å². The highest BCUT2D eigenvalue weighted by Gasteiger charge is 2.09. The van der Waals surface area contributed by atoms with Crippen LogP contribution in [-0.2, 0) is 0 Å². The van der Waals surface area contributed by atoms with Crippen LogP contribution in [-0.4, -0.2) is 25.0 Å². The predicted molar refractivity (Wildman–Crippen MR) is 88.8 cm³/mol. The third kappa shape index (κ3) is 5.88. The van der Waals surface area contributed by atoms with Crippen LogP contribution >= 0.6 is 0 Å². The van der Waals surface area contributed by atoms with Crippen molar-refractivity contribution in [2.75, 3.05) is 18.4 Å². The Balaban J connectivity index is 2.66. The molecular weight excluding hydrogens is 278 g/mol. The molecule has 22 heavy (non-hydrogen) atoms. The summed E-state index contributed by atoms with van der Waals surface area (Å²) in [5.74, 6) is 5.75. The lowest BCUT2D eigenvalue weighted by atomic mass is 10.1. The Morgan fingerprint density at radius 1 is 1.23 bits per heavy atom.